The van der Waals surface area contributed by atoms with E-state index in [1.165, 1.54) is 11.1 Å². The molecule has 1 unspecified atom stereocenters. The van der Waals surface area contributed by atoms with Crippen LogP contribution in [0.3, 0.4) is 0 Å². The van der Waals surface area contributed by atoms with Crippen LogP contribution in [0.5, 0.6) is 11.5 Å². The van der Waals surface area contributed by atoms with Crippen molar-refractivity contribution in [2.75, 3.05) is 7.11 Å². The Morgan fingerprint density at radius 3 is 2.85 bits per heavy atom. The summed E-state index contributed by atoms with van der Waals surface area (Å²) in [7, 11) is 1.60. The number of fused-ring (bicyclic) bond motifs is 1. The molecule has 102 valence electrons. The van der Waals surface area contributed by atoms with Crippen LogP contribution in [0.15, 0.2) is 42.5 Å². The second-order valence-corrected chi connectivity index (χ2v) is 4.87. The van der Waals surface area contributed by atoms with E-state index in [1.54, 1.807) is 25.3 Å². The van der Waals surface area contributed by atoms with Crippen molar-refractivity contribution >= 4 is 6.29 Å². The minimum absolute atomic E-state index is 0.0111. The molecule has 0 saturated heterocycles. The lowest BCUT2D eigenvalue weighted by atomic mass is 10.1. The number of hydrogen-bond donors (Lipinski definition) is 0. The number of carbonyl (C=O) groups is 1. The standard InChI is InChI=1S/C17H16O3/c1-19-14-8-6-13(11-18)17(10-14)20-16-9-7-12-4-2-3-5-15(12)16/h2-6,8,10-11,16H,7,9H2,1H3. The first kappa shape index (κ1) is 12.7. The fourth-order valence-corrected chi connectivity index (χ4v) is 2.63. The first-order valence-corrected chi connectivity index (χ1v) is 6.69. The first-order chi connectivity index (χ1) is 9.81. The number of aldehydes is 1. The minimum atomic E-state index is 0.0111. The summed E-state index contributed by atoms with van der Waals surface area (Å²) in [6.07, 6.45) is 2.78. The molecule has 0 fully saturated rings. The molecule has 1 atom stereocenters. The van der Waals surface area contributed by atoms with Crippen LogP contribution >= 0.6 is 0 Å². The quantitative estimate of drug-likeness (QED) is 0.795. The predicted molar refractivity (Wildman–Crippen MR) is 76.5 cm³/mol. The lowest BCUT2D eigenvalue weighted by Crippen LogP contribution is -2.05. The van der Waals surface area contributed by atoms with Gasteiger partial charge in [0.15, 0.2) is 6.29 Å². The maximum Gasteiger partial charge on any atom is 0.153 e. The molecule has 0 aromatic heterocycles. The normalized spacial score (nSPS) is 16.6. The zero-order valence-corrected chi connectivity index (χ0v) is 11.3. The zero-order valence-electron chi connectivity index (χ0n) is 11.3. The van der Waals surface area contributed by atoms with Gasteiger partial charge in [-0.2, -0.15) is 0 Å². The highest BCUT2D eigenvalue weighted by molar-refractivity contribution is 5.79. The van der Waals surface area contributed by atoms with Gasteiger partial charge < -0.3 is 9.47 Å². The zero-order chi connectivity index (χ0) is 13.9. The van der Waals surface area contributed by atoms with Crippen molar-refractivity contribution < 1.29 is 14.3 Å². The molecule has 3 rings (SSSR count). The van der Waals surface area contributed by atoms with Crippen molar-refractivity contribution in [2.24, 2.45) is 0 Å². The molecular formula is C17H16O3. The Labute approximate surface area is 118 Å². The third-order valence-electron chi connectivity index (χ3n) is 3.69. The van der Waals surface area contributed by atoms with Crippen LogP contribution in [0, 0.1) is 0 Å². The molecule has 0 spiro atoms. The average Bonchev–Trinajstić information content (AvgIpc) is 2.90. The maximum atomic E-state index is 11.1. The van der Waals surface area contributed by atoms with Crippen molar-refractivity contribution in [3.8, 4) is 11.5 Å². The first-order valence-electron chi connectivity index (χ1n) is 6.69. The Hall–Kier alpha value is -2.29. The smallest absolute Gasteiger partial charge is 0.153 e. The summed E-state index contributed by atoms with van der Waals surface area (Å²) in [5, 5.41) is 0. The topological polar surface area (TPSA) is 35.5 Å². The van der Waals surface area contributed by atoms with E-state index in [1.807, 2.05) is 12.1 Å². The molecule has 0 radical (unpaired) electrons. The van der Waals surface area contributed by atoms with Crippen LogP contribution in [0.1, 0.15) is 34.0 Å². The van der Waals surface area contributed by atoms with Crippen LogP contribution in [0.2, 0.25) is 0 Å². The second-order valence-electron chi connectivity index (χ2n) is 4.87. The molecule has 0 aliphatic heterocycles. The lowest BCUT2D eigenvalue weighted by molar-refractivity contribution is 0.111. The van der Waals surface area contributed by atoms with Crippen LogP contribution in [-0.2, 0) is 6.42 Å². The van der Waals surface area contributed by atoms with Crippen LogP contribution < -0.4 is 9.47 Å². The monoisotopic (exact) mass is 268 g/mol. The highest BCUT2D eigenvalue weighted by Crippen LogP contribution is 2.36. The molecule has 0 amide bonds. The summed E-state index contributed by atoms with van der Waals surface area (Å²) in [4.78, 5) is 11.1. The van der Waals surface area contributed by atoms with E-state index in [0.717, 1.165) is 19.1 Å². The van der Waals surface area contributed by atoms with Crippen molar-refractivity contribution in [1.82, 2.24) is 0 Å². The number of methoxy groups -OCH3 is 1. The van der Waals surface area contributed by atoms with Gasteiger partial charge in [0.1, 0.15) is 17.6 Å². The summed E-state index contributed by atoms with van der Waals surface area (Å²) in [6, 6.07) is 13.5. The summed E-state index contributed by atoms with van der Waals surface area (Å²) in [5.74, 6) is 1.28. The molecule has 0 N–H and O–H groups in total. The van der Waals surface area contributed by atoms with Gasteiger partial charge >= 0.3 is 0 Å². The molecule has 3 heteroatoms. The van der Waals surface area contributed by atoms with Crippen LogP contribution in [0.4, 0.5) is 0 Å². The average molecular weight is 268 g/mol. The van der Waals surface area contributed by atoms with Gasteiger partial charge in [-0.3, -0.25) is 4.79 Å². The Kier molecular flexibility index (Phi) is 3.42. The van der Waals surface area contributed by atoms with Crippen molar-refractivity contribution in [1.29, 1.82) is 0 Å². The summed E-state index contributed by atoms with van der Waals surface area (Å²) in [6.45, 7) is 0. The van der Waals surface area contributed by atoms with E-state index in [9.17, 15) is 4.79 Å². The molecule has 2 aromatic rings. The third-order valence-corrected chi connectivity index (χ3v) is 3.69. The molecule has 0 bridgehead atoms. The van der Waals surface area contributed by atoms with E-state index in [4.69, 9.17) is 9.47 Å². The minimum Gasteiger partial charge on any atom is -0.497 e. The number of aryl methyl sites for hydroxylation is 1. The molecule has 1 aliphatic carbocycles. The molecule has 2 aromatic carbocycles. The Balaban J connectivity index is 1.90. The Morgan fingerprint density at radius 2 is 2.05 bits per heavy atom. The molecule has 1 aliphatic rings. The number of rotatable bonds is 4. The number of carbonyl (C=O) groups excluding carboxylic acids is 1. The summed E-state index contributed by atoms with van der Waals surface area (Å²) < 4.78 is 11.2. The van der Waals surface area contributed by atoms with Gasteiger partial charge in [0, 0.05) is 6.07 Å². The number of hydrogen-bond acceptors (Lipinski definition) is 3. The molecule has 3 nitrogen and oxygen atoms in total. The van der Waals surface area contributed by atoms with Gasteiger partial charge in [0.05, 0.1) is 12.7 Å². The van der Waals surface area contributed by atoms with E-state index in [0.29, 0.717) is 17.1 Å². The number of ether oxygens (including phenoxy) is 2. The van der Waals surface area contributed by atoms with Crippen molar-refractivity contribution in [2.45, 2.75) is 18.9 Å². The van der Waals surface area contributed by atoms with E-state index >= 15 is 0 Å². The van der Waals surface area contributed by atoms with Gasteiger partial charge in [-0.1, -0.05) is 24.3 Å². The molecule has 0 heterocycles. The van der Waals surface area contributed by atoms with Crippen LogP contribution in [0.25, 0.3) is 0 Å². The van der Waals surface area contributed by atoms with E-state index in [-0.39, 0.29) is 6.10 Å². The fraction of sp³-hybridized carbons (Fsp3) is 0.235. The SMILES string of the molecule is COc1ccc(C=O)c(OC2CCc3ccccc32)c1. The second kappa shape index (κ2) is 5.37. The van der Waals surface area contributed by atoms with Gasteiger partial charge in [-0.25, -0.2) is 0 Å². The van der Waals surface area contributed by atoms with E-state index in [2.05, 4.69) is 12.1 Å². The molecule has 0 saturated carbocycles. The third kappa shape index (κ3) is 2.27. The van der Waals surface area contributed by atoms with Gasteiger partial charge in [0.25, 0.3) is 0 Å². The van der Waals surface area contributed by atoms with Crippen molar-refractivity contribution in [3.63, 3.8) is 0 Å². The molecule has 20 heavy (non-hydrogen) atoms. The largest absolute Gasteiger partial charge is 0.497 e. The lowest BCUT2D eigenvalue weighted by Gasteiger charge is -2.17. The highest BCUT2D eigenvalue weighted by Gasteiger charge is 2.24. The maximum absolute atomic E-state index is 11.1. The highest BCUT2D eigenvalue weighted by atomic mass is 16.5. The van der Waals surface area contributed by atoms with Gasteiger partial charge in [-0.15, -0.1) is 0 Å². The summed E-state index contributed by atoms with van der Waals surface area (Å²) in [5.41, 5.74) is 3.09. The van der Waals surface area contributed by atoms with Gasteiger partial charge in [-0.05, 0) is 36.1 Å². The van der Waals surface area contributed by atoms with Crippen LogP contribution in [-0.4, -0.2) is 13.4 Å². The predicted octanol–water partition coefficient (Wildman–Crippen LogP) is 3.57. The van der Waals surface area contributed by atoms with Crippen molar-refractivity contribution in [3.05, 3.63) is 59.2 Å². The van der Waals surface area contributed by atoms with Gasteiger partial charge in [0.2, 0.25) is 0 Å². The molecular weight excluding hydrogens is 252 g/mol. The van der Waals surface area contributed by atoms with E-state index < -0.39 is 0 Å². The number of benzene rings is 2. The fourth-order valence-electron chi connectivity index (χ4n) is 2.63. The summed E-state index contributed by atoms with van der Waals surface area (Å²) >= 11 is 0. The Bertz CT molecular complexity index is 634. The Morgan fingerprint density at radius 1 is 1.20 bits per heavy atom.